The van der Waals surface area contributed by atoms with Gasteiger partial charge in [-0.15, -0.1) is 5.10 Å². The topological polar surface area (TPSA) is 93.8 Å². The SMILES string of the molecule is CC(C)CC(CN)CC(=O)Nc1nccnn1. The molecule has 0 saturated heterocycles. The first kappa shape index (κ1) is 13.5. The lowest BCUT2D eigenvalue weighted by atomic mass is 9.94. The molecule has 0 aliphatic carbocycles. The zero-order chi connectivity index (χ0) is 12.7. The number of amides is 1. The molecule has 0 saturated carbocycles. The molecule has 1 unspecified atom stereocenters. The maximum Gasteiger partial charge on any atom is 0.249 e. The summed E-state index contributed by atoms with van der Waals surface area (Å²) in [6.45, 7) is 4.75. The van der Waals surface area contributed by atoms with Crippen molar-refractivity contribution in [3.05, 3.63) is 12.4 Å². The van der Waals surface area contributed by atoms with Crippen LogP contribution in [0, 0.1) is 11.8 Å². The van der Waals surface area contributed by atoms with Gasteiger partial charge in [-0.1, -0.05) is 13.8 Å². The Morgan fingerprint density at radius 2 is 2.24 bits per heavy atom. The number of carbonyl (C=O) groups is 1. The fraction of sp³-hybridized carbons (Fsp3) is 0.636. The Morgan fingerprint density at radius 3 is 2.76 bits per heavy atom. The Labute approximate surface area is 101 Å². The smallest absolute Gasteiger partial charge is 0.249 e. The lowest BCUT2D eigenvalue weighted by Crippen LogP contribution is -2.24. The van der Waals surface area contributed by atoms with Gasteiger partial charge in [0.05, 0.1) is 12.4 Å². The van der Waals surface area contributed by atoms with Gasteiger partial charge in [-0.3, -0.25) is 10.1 Å². The quantitative estimate of drug-likeness (QED) is 0.764. The molecular weight excluding hydrogens is 218 g/mol. The number of nitrogens with one attached hydrogen (secondary N) is 1. The van der Waals surface area contributed by atoms with Crippen molar-refractivity contribution in [2.24, 2.45) is 17.6 Å². The van der Waals surface area contributed by atoms with Gasteiger partial charge < -0.3 is 5.73 Å². The third kappa shape index (κ3) is 5.35. The van der Waals surface area contributed by atoms with Gasteiger partial charge >= 0.3 is 0 Å². The molecule has 1 heterocycles. The molecule has 0 aliphatic heterocycles. The van der Waals surface area contributed by atoms with E-state index < -0.39 is 0 Å². The van der Waals surface area contributed by atoms with E-state index in [0.717, 1.165) is 6.42 Å². The second kappa shape index (κ2) is 6.90. The van der Waals surface area contributed by atoms with Gasteiger partial charge in [-0.2, -0.15) is 5.10 Å². The number of nitrogens with two attached hydrogens (primary N) is 1. The van der Waals surface area contributed by atoms with E-state index in [1.165, 1.54) is 12.4 Å². The molecule has 0 spiro atoms. The van der Waals surface area contributed by atoms with Crippen molar-refractivity contribution in [1.29, 1.82) is 0 Å². The first-order chi connectivity index (χ1) is 8.11. The van der Waals surface area contributed by atoms with Crippen molar-refractivity contribution in [3.8, 4) is 0 Å². The minimum absolute atomic E-state index is 0.117. The third-order valence-corrected chi connectivity index (χ3v) is 2.35. The van der Waals surface area contributed by atoms with Crippen molar-refractivity contribution in [2.75, 3.05) is 11.9 Å². The lowest BCUT2D eigenvalue weighted by molar-refractivity contribution is -0.117. The molecule has 6 heteroatoms. The predicted octanol–water partition coefficient (Wildman–Crippen LogP) is 0.821. The van der Waals surface area contributed by atoms with Crippen molar-refractivity contribution >= 4 is 11.9 Å². The van der Waals surface area contributed by atoms with Gasteiger partial charge in [0.25, 0.3) is 0 Å². The molecule has 0 aliphatic rings. The minimum Gasteiger partial charge on any atom is -0.330 e. The van der Waals surface area contributed by atoms with Crippen LogP contribution in [0.4, 0.5) is 5.95 Å². The molecule has 0 fully saturated rings. The molecule has 0 aromatic carbocycles. The highest BCUT2D eigenvalue weighted by atomic mass is 16.1. The number of aromatic nitrogens is 3. The predicted molar refractivity (Wildman–Crippen MR) is 65.1 cm³/mol. The fourth-order valence-corrected chi connectivity index (χ4v) is 1.67. The van der Waals surface area contributed by atoms with E-state index in [1.54, 1.807) is 0 Å². The molecule has 1 aromatic rings. The molecule has 0 bridgehead atoms. The van der Waals surface area contributed by atoms with E-state index in [-0.39, 0.29) is 17.8 Å². The van der Waals surface area contributed by atoms with Gasteiger partial charge in [0.1, 0.15) is 0 Å². The number of rotatable bonds is 6. The first-order valence-electron chi connectivity index (χ1n) is 5.75. The van der Waals surface area contributed by atoms with Crippen LogP contribution in [-0.4, -0.2) is 27.6 Å². The van der Waals surface area contributed by atoms with Crippen molar-refractivity contribution < 1.29 is 4.79 Å². The van der Waals surface area contributed by atoms with Crippen LogP contribution in [-0.2, 0) is 4.79 Å². The fourth-order valence-electron chi connectivity index (χ4n) is 1.67. The highest BCUT2D eigenvalue weighted by Crippen LogP contribution is 2.14. The summed E-state index contributed by atoms with van der Waals surface area (Å²) >= 11 is 0. The Morgan fingerprint density at radius 1 is 1.47 bits per heavy atom. The van der Waals surface area contributed by atoms with Crippen LogP contribution in [0.3, 0.4) is 0 Å². The normalized spacial score (nSPS) is 12.5. The third-order valence-electron chi connectivity index (χ3n) is 2.35. The second-order valence-corrected chi connectivity index (χ2v) is 4.45. The summed E-state index contributed by atoms with van der Waals surface area (Å²) in [5, 5.41) is 9.92. The number of hydrogen-bond acceptors (Lipinski definition) is 5. The molecule has 0 radical (unpaired) electrons. The monoisotopic (exact) mass is 237 g/mol. The average Bonchev–Trinajstić information content (AvgIpc) is 2.28. The molecule has 1 rings (SSSR count). The molecule has 3 N–H and O–H groups in total. The van der Waals surface area contributed by atoms with E-state index in [4.69, 9.17) is 5.73 Å². The first-order valence-corrected chi connectivity index (χ1v) is 5.75. The molecule has 94 valence electrons. The summed E-state index contributed by atoms with van der Waals surface area (Å²) in [7, 11) is 0. The van der Waals surface area contributed by atoms with Crippen LogP contribution in [0.25, 0.3) is 0 Å². The van der Waals surface area contributed by atoms with E-state index in [0.29, 0.717) is 18.9 Å². The van der Waals surface area contributed by atoms with Crippen molar-refractivity contribution in [2.45, 2.75) is 26.7 Å². The maximum absolute atomic E-state index is 11.7. The van der Waals surface area contributed by atoms with Crippen molar-refractivity contribution in [1.82, 2.24) is 15.2 Å². The summed E-state index contributed by atoms with van der Waals surface area (Å²) in [6.07, 6.45) is 4.28. The van der Waals surface area contributed by atoms with Gasteiger partial charge in [-0.25, -0.2) is 4.98 Å². The summed E-state index contributed by atoms with van der Waals surface area (Å²) in [5.41, 5.74) is 5.64. The molecular formula is C11H19N5O. The summed E-state index contributed by atoms with van der Waals surface area (Å²) in [4.78, 5) is 15.6. The summed E-state index contributed by atoms with van der Waals surface area (Å²) in [5.74, 6) is 0.851. The number of carbonyl (C=O) groups excluding carboxylic acids is 1. The average molecular weight is 237 g/mol. The van der Waals surface area contributed by atoms with Gasteiger partial charge in [-0.05, 0) is 24.8 Å². The summed E-state index contributed by atoms with van der Waals surface area (Å²) in [6, 6.07) is 0. The van der Waals surface area contributed by atoms with Crippen LogP contribution >= 0.6 is 0 Å². The van der Waals surface area contributed by atoms with Crippen LogP contribution in [0.2, 0.25) is 0 Å². The second-order valence-electron chi connectivity index (χ2n) is 4.45. The van der Waals surface area contributed by atoms with Crippen molar-refractivity contribution in [3.63, 3.8) is 0 Å². The van der Waals surface area contributed by atoms with Crippen LogP contribution in [0.15, 0.2) is 12.4 Å². The highest BCUT2D eigenvalue weighted by molar-refractivity contribution is 5.88. The minimum atomic E-state index is -0.117. The highest BCUT2D eigenvalue weighted by Gasteiger charge is 2.14. The van der Waals surface area contributed by atoms with Crippen LogP contribution < -0.4 is 11.1 Å². The standard InChI is InChI=1S/C11H19N5O/c1-8(2)5-9(7-12)6-10(17)15-11-13-3-4-14-16-11/h3-4,8-9H,5-7,12H2,1-2H3,(H,13,15,16,17). The number of anilines is 1. The zero-order valence-corrected chi connectivity index (χ0v) is 10.3. The van der Waals surface area contributed by atoms with Gasteiger partial charge in [0.15, 0.2) is 0 Å². The largest absolute Gasteiger partial charge is 0.330 e. The Balaban J connectivity index is 2.43. The van der Waals surface area contributed by atoms with Crippen LogP contribution in [0.5, 0.6) is 0 Å². The van der Waals surface area contributed by atoms with Gasteiger partial charge in [0.2, 0.25) is 11.9 Å². The maximum atomic E-state index is 11.7. The number of nitrogens with zero attached hydrogens (tertiary/aromatic N) is 3. The van der Waals surface area contributed by atoms with E-state index >= 15 is 0 Å². The van der Waals surface area contributed by atoms with E-state index in [9.17, 15) is 4.79 Å². The number of hydrogen-bond donors (Lipinski definition) is 2. The zero-order valence-electron chi connectivity index (χ0n) is 10.3. The molecule has 17 heavy (non-hydrogen) atoms. The molecule has 1 amide bonds. The molecule has 1 aromatic heterocycles. The Hall–Kier alpha value is -1.56. The van der Waals surface area contributed by atoms with E-state index in [1.807, 2.05) is 0 Å². The van der Waals surface area contributed by atoms with Crippen LogP contribution in [0.1, 0.15) is 26.7 Å². The lowest BCUT2D eigenvalue weighted by Gasteiger charge is -2.15. The van der Waals surface area contributed by atoms with E-state index in [2.05, 4.69) is 34.3 Å². The molecule has 1 atom stereocenters. The Bertz CT molecular complexity index is 341. The van der Waals surface area contributed by atoms with Gasteiger partial charge in [0, 0.05) is 6.42 Å². The Kier molecular flexibility index (Phi) is 5.48. The molecule has 6 nitrogen and oxygen atoms in total. The summed E-state index contributed by atoms with van der Waals surface area (Å²) < 4.78 is 0.